The van der Waals surface area contributed by atoms with Crippen LogP contribution in [0.25, 0.3) is 10.9 Å². The minimum absolute atomic E-state index is 0.0326. The molecule has 0 radical (unpaired) electrons. The highest BCUT2D eigenvalue weighted by Crippen LogP contribution is 2.36. The Morgan fingerprint density at radius 3 is 2.44 bits per heavy atom. The van der Waals surface area contributed by atoms with Gasteiger partial charge in [0.25, 0.3) is 5.91 Å². The highest BCUT2D eigenvalue weighted by Gasteiger charge is 2.40. The molecule has 6 heteroatoms. The third kappa shape index (κ3) is 3.77. The number of hydrogen-bond donors (Lipinski definition) is 0. The second-order valence-corrected chi connectivity index (χ2v) is 9.30. The van der Waals surface area contributed by atoms with Crippen LogP contribution in [0, 0.1) is 0 Å². The first kappa shape index (κ1) is 21.0. The lowest BCUT2D eigenvalue weighted by Gasteiger charge is -2.49. The molecular weight excluding hydrogens is 400 g/mol. The van der Waals surface area contributed by atoms with E-state index in [9.17, 15) is 4.79 Å². The van der Waals surface area contributed by atoms with E-state index < -0.39 is 0 Å². The van der Waals surface area contributed by atoms with E-state index in [-0.39, 0.29) is 11.9 Å². The highest BCUT2D eigenvalue weighted by atomic mass is 16.5. The molecule has 0 aliphatic carbocycles. The number of carbonyl (C=O) groups is 1. The molecule has 3 heterocycles. The summed E-state index contributed by atoms with van der Waals surface area (Å²) >= 11 is 0. The SMILES string of the molecule is COc1ccc(CN(C(=O)c2nn(C)c3ccccc23)C2CC3CCCC(C2)N3C)cc1. The number of hydrogen-bond acceptors (Lipinski definition) is 4. The predicted octanol–water partition coefficient (Wildman–Crippen LogP) is 4.24. The van der Waals surface area contributed by atoms with Crippen LogP contribution in [0.15, 0.2) is 48.5 Å². The fourth-order valence-electron chi connectivity index (χ4n) is 5.64. The van der Waals surface area contributed by atoms with Gasteiger partial charge in [0, 0.05) is 37.1 Å². The first-order valence-electron chi connectivity index (χ1n) is 11.6. The maximum absolute atomic E-state index is 14.0. The van der Waals surface area contributed by atoms with Gasteiger partial charge in [-0.25, -0.2) is 0 Å². The number of para-hydroxylation sites is 1. The fraction of sp³-hybridized carbons (Fsp3) is 0.462. The van der Waals surface area contributed by atoms with Crippen LogP contribution in [-0.4, -0.2) is 57.8 Å². The molecule has 2 bridgehead atoms. The van der Waals surface area contributed by atoms with Gasteiger partial charge < -0.3 is 14.5 Å². The van der Waals surface area contributed by atoms with Gasteiger partial charge in [0.2, 0.25) is 0 Å². The average molecular weight is 433 g/mol. The summed E-state index contributed by atoms with van der Waals surface area (Å²) in [6.45, 7) is 0.585. The van der Waals surface area contributed by atoms with Crippen LogP contribution < -0.4 is 4.74 Å². The Balaban J connectivity index is 1.50. The van der Waals surface area contributed by atoms with E-state index in [0.717, 1.165) is 35.1 Å². The van der Waals surface area contributed by atoms with E-state index in [1.807, 2.05) is 48.1 Å². The molecule has 6 nitrogen and oxygen atoms in total. The standard InChI is InChI=1S/C26H32N4O2/c1-28-19-7-6-8-20(28)16-21(15-19)30(17-18-11-13-22(32-3)14-12-18)26(31)25-23-9-4-5-10-24(23)29(2)27-25/h4-5,9-14,19-21H,6-8,15-17H2,1-3H3. The van der Waals surface area contributed by atoms with Crippen LogP contribution >= 0.6 is 0 Å². The van der Waals surface area contributed by atoms with E-state index in [1.165, 1.54) is 19.3 Å². The monoisotopic (exact) mass is 432 g/mol. The Kier molecular flexibility index (Phi) is 5.64. The Morgan fingerprint density at radius 1 is 1.06 bits per heavy atom. The number of ether oxygens (including phenoxy) is 1. The van der Waals surface area contributed by atoms with Crippen LogP contribution in [0.1, 0.15) is 48.2 Å². The lowest BCUT2D eigenvalue weighted by Crippen LogP contribution is -2.56. The molecule has 32 heavy (non-hydrogen) atoms. The summed E-state index contributed by atoms with van der Waals surface area (Å²) in [6.07, 6.45) is 5.80. The van der Waals surface area contributed by atoms with Crippen molar-refractivity contribution in [2.24, 2.45) is 7.05 Å². The molecule has 2 aliphatic rings. The molecule has 1 amide bonds. The van der Waals surface area contributed by atoms with Crippen LogP contribution in [0.5, 0.6) is 5.75 Å². The molecule has 168 valence electrons. The van der Waals surface area contributed by atoms with Gasteiger partial charge in [-0.05, 0) is 56.5 Å². The molecule has 2 atom stereocenters. The molecule has 2 aromatic carbocycles. The van der Waals surface area contributed by atoms with Gasteiger partial charge in [0.15, 0.2) is 5.69 Å². The van der Waals surface area contributed by atoms with Crippen molar-refractivity contribution in [2.75, 3.05) is 14.2 Å². The maximum atomic E-state index is 14.0. The number of fused-ring (bicyclic) bond motifs is 3. The zero-order chi connectivity index (χ0) is 22.2. The third-order valence-electron chi connectivity index (χ3n) is 7.49. The lowest BCUT2D eigenvalue weighted by molar-refractivity contribution is 0.00773. The van der Waals surface area contributed by atoms with E-state index in [1.54, 1.807) is 7.11 Å². The molecule has 2 fully saturated rings. The van der Waals surface area contributed by atoms with Crippen molar-refractivity contribution in [3.8, 4) is 5.75 Å². The van der Waals surface area contributed by atoms with Crippen molar-refractivity contribution < 1.29 is 9.53 Å². The molecule has 3 aromatic rings. The van der Waals surface area contributed by atoms with Crippen molar-refractivity contribution in [2.45, 2.75) is 56.8 Å². The van der Waals surface area contributed by atoms with E-state index in [2.05, 4.69) is 34.1 Å². The Labute approximate surface area is 189 Å². The van der Waals surface area contributed by atoms with Crippen molar-refractivity contribution in [1.82, 2.24) is 19.6 Å². The maximum Gasteiger partial charge on any atom is 0.275 e. The predicted molar refractivity (Wildman–Crippen MR) is 126 cm³/mol. The van der Waals surface area contributed by atoms with Gasteiger partial charge in [-0.15, -0.1) is 0 Å². The minimum atomic E-state index is 0.0326. The molecule has 0 N–H and O–H groups in total. The summed E-state index contributed by atoms with van der Waals surface area (Å²) in [5.41, 5.74) is 2.66. The second-order valence-electron chi connectivity index (χ2n) is 9.30. The minimum Gasteiger partial charge on any atom is -0.497 e. The molecule has 0 saturated carbocycles. The summed E-state index contributed by atoms with van der Waals surface area (Å²) in [5, 5.41) is 5.58. The molecule has 5 rings (SSSR count). The third-order valence-corrected chi connectivity index (χ3v) is 7.49. The average Bonchev–Trinajstić information content (AvgIpc) is 3.14. The number of aryl methyl sites for hydroxylation is 1. The zero-order valence-corrected chi connectivity index (χ0v) is 19.2. The Morgan fingerprint density at radius 2 is 1.75 bits per heavy atom. The number of methoxy groups -OCH3 is 1. The summed E-state index contributed by atoms with van der Waals surface area (Å²) in [7, 11) is 5.84. The number of carbonyl (C=O) groups excluding carboxylic acids is 1. The number of rotatable bonds is 5. The van der Waals surface area contributed by atoms with Crippen LogP contribution in [0.2, 0.25) is 0 Å². The Bertz CT molecular complexity index is 1090. The van der Waals surface area contributed by atoms with Gasteiger partial charge in [0.1, 0.15) is 5.75 Å². The summed E-state index contributed by atoms with van der Waals surface area (Å²) < 4.78 is 7.14. The zero-order valence-electron chi connectivity index (χ0n) is 19.2. The second kappa shape index (κ2) is 8.58. The quantitative estimate of drug-likeness (QED) is 0.605. The number of amides is 1. The summed E-state index contributed by atoms with van der Waals surface area (Å²) in [5.74, 6) is 0.862. The van der Waals surface area contributed by atoms with E-state index in [0.29, 0.717) is 24.3 Å². The molecule has 0 spiro atoms. The molecule has 2 saturated heterocycles. The van der Waals surface area contributed by atoms with Gasteiger partial charge in [-0.2, -0.15) is 5.10 Å². The normalized spacial score (nSPS) is 23.3. The highest BCUT2D eigenvalue weighted by molar-refractivity contribution is 6.05. The van der Waals surface area contributed by atoms with Gasteiger partial charge in [-0.3, -0.25) is 9.48 Å². The lowest BCUT2D eigenvalue weighted by atomic mass is 9.81. The number of piperidine rings is 2. The largest absolute Gasteiger partial charge is 0.497 e. The van der Waals surface area contributed by atoms with Gasteiger partial charge in [-0.1, -0.05) is 36.8 Å². The first-order chi connectivity index (χ1) is 15.5. The van der Waals surface area contributed by atoms with Crippen molar-refractivity contribution >= 4 is 16.8 Å². The molecule has 2 aliphatic heterocycles. The summed E-state index contributed by atoms with van der Waals surface area (Å²) in [4.78, 5) is 18.7. The fourth-order valence-corrected chi connectivity index (χ4v) is 5.64. The van der Waals surface area contributed by atoms with Gasteiger partial charge >= 0.3 is 0 Å². The number of aromatic nitrogens is 2. The Hall–Kier alpha value is -2.86. The first-order valence-corrected chi connectivity index (χ1v) is 11.6. The molecule has 2 unspecified atom stereocenters. The van der Waals surface area contributed by atoms with Crippen molar-refractivity contribution in [1.29, 1.82) is 0 Å². The van der Waals surface area contributed by atoms with Crippen molar-refractivity contribution in [3.05, 3.63) is 59.8 Å². The van der Waals surface area contributed by atoms with E-state index in [4.69, 9.17) is 4.74 Å². The smallest absolute Gasteiger partial charge is 0.275 e. The van der Waals surface area contributed by atoms with E-state index >= 15 is 0 Å². The molecule has 1 aromatic heterocycles. The molecular formula is C26H32N4O2. The number of nitrogens with zero attached hydrogens (tertiary/aromatic N) is 4. The van der Waals surface area contributed by atoms with Crippen LogP contribution in [-0.2, 0) is 13.6 Å². The number of benzene rings is 2. The van der Waals surface area contributed by atoms with Crippen molar-refractivity contribution in [3.63, 3.8) is 0 Å². The summed E-state index contributed by atoms with van der Waals surface area (Å²) in [6, 6.07) is 17.4. The van der Waals surface area contributed by atoms with Crippen LogP contribution in [0.3, 0.4) is 0 Å². The topological polar surface area (TPSA) is 50.6 Å². The van der Waals surface area contributed by atoms with Gasteiger partial charge in [0.05, 0.1) is 12.6 Å². The van der Waals surface area contributed by atoms with Crippen LogP contribution in [0.4, 0.5) is 0 Å².